The minimum atomic E-state index is -0.385. The standard InChI is InChI=1S/C14H19N3O3S/c1-8(2)7-11(18)16-17-14(20)10-5-6-12(21-10)15-13(19)9-3-4-9/h5-6,8-9H,3-4,7H2,1-2H3,(H,15,19)(H,16,18)(H,17,20). The van der Waals surface area contributed by atoms with Crippen molar-refractivity contribution in [1.29, 1.82) is 0 Å². The predicted octanol–water partition coefficient (Wildman–Crippen LogP) is 1.90. The molecule has 1 aromatic heterocycles. The highest BCUT2D eigenvalue weighted by molar-refractivity contribution is 7.18. The summed E-state index contributed by atoms with van der Waals surface area (Å²) >= 11 is 1.18. The van der Waals surface area contributed by atoms with Crippen LogP contribution >= 0.6 is 11.3 Å². The third-order valence-electron chi connectivity index (χ3n) is 2.93. The maximum Gasteiger partial charge on any atom is 0.279 e. The number of hydrogen-bond donors (Lipinski definition) is 3. The minimum absolute atomic E-state index is 0.00837. The van der Waals surface area contributed by atoms with E-state index in [0.29, 0.717) is 16.3 Å². The van der Waals surface area contributed by atoms with E-state index in [9.17, 15) is 14.4 Å². The van der Waals surface area contributed by atoms with E-state index in [1.54, 1.807) is 12.1 Å². The molecule has 1 aliphatic rings. The molecule has 114 valence electrons. The van der Waals surface area contributed by atoms with Gasteiger partial charge in [0.05, 0.1) is 9.88 Å². The van der Waals surface area contributed by atoms with Crippen molar-refractivity contribution in [3.05, 3.63) is 17.0 Å². The van der Waals surface area contributed by atoms with Gasteiger partial charge in [-0.3, -0.25) is 25.2 Å². The normalized spacial score (nSPS) is 13.9. The summed E-state index contributed by atoms with van der Waals surface area (Å²) in [4.78, 5) is 35.3. The molecule has 0 spiro atoms. The predicted molar refractivity (Wildman–Crippen MR) is 80.7 cm³/mol. The maximum atomic E-state index is 11.9. The van der Waals surface area contributed by atoms with Gasteiger partial charge in [0.15, 0.2) is 0 Å². The van der Waals surface area contributed by atoms with Crippen molar-refractivity contribution in [3.63, 3.8) is 0 Å². The van der Waals surface area contributed by atoms with Crippen molar-refractivity contribution in [2.45, 2.75) is 33.1 Å². The number of hydrazine groups is 1. The van der Waals surface area contributed by atoms with Crippen LogP contribution in [-0.2, 0) is 9.59 Å². The lowest BCUT2D eigenvalue weighted by molar-refractivity contribution is -0.122. The second kappa shape index (κ2) is 6.71. The number of carbonyl (C=O) groups excluding carboxylic acids is 3. The van der Waals surface area contributed by atoms with Gasteiger partial charge in [-0.05, 0) is 30.9 Å². The van der Waals surface area contributed by atoms with Crippen LogP contribution in [0.5, 0.6) is 0 Å². The zero-order chi connectivity index (χ0) is 15.4. The Hall–Kier alpha value is -1.89. The highest BCUT2D eigenvalue weighted by Crippen LogP contribution is 2.31. The van der Waals surface area contributed by atoms with E-state index in [0.717, 1.165) is 12.8 Å². The summed E-state index contributed by atoms with van der Waals surface area (Å²) in [6, 6.07) is 3.31. The van der Waals surface area contributed by atoms with E-state index in [4.69, 9.17) is 0 Å². The molecule has 21 heavy (non-hydrogen) atoms. The van der Waals surface area contributed by atoms with Gasteiger partial charge in [0.1, 0.15) is 0 Å². The summed E-state index contributed by atoms with van der Waals surface area (Å²) in [6.45, 7) is 3.85. The van der Waals surface area contributed by atoms with Gasteiger partial charge in [-0.25, -0.2) is 0 Å². The summed E-state index contributed by atoms with van der Waals surface area (Å²) in [5.74, 6) is -0.247. The number of amides is 3. The van der Waals surface area contributed by atoms with Crippen molar-refractivity contribution in [1.82, 2.24) is 10.9 Å². The Morgan fingerprint density at radius 1 is 1.24 bits per heavy atom. The highest BCUT2D eigenvalue weighted by Gasteiger charge is 2.29. The fourth-order valence-electron chi connectivity index (χ4n) is 1.71. The first-order valence-corrected chi connectivity index (χ1v) is 7.77. The molecule has 6 nitrogen and oxygen atoms in total. The van der Waals surface area contributed by atoms with Gasteiger partial charge in [0.25, 0.3) is 5.91 Å². The topological polar surface area (TPSA) is 87.3 Å². The van der Waals surface area contributed by atoms with E-state index in [1.165, 1.54) is 11.3 Å². The Morgan fingerprint density at radius 2 is 1.95 bits per heavy atom. The van der Waals surface area contributed by atoms with E-state index < -0.39 is 0 Å². The molecule has 7 heteroatoms. The Morgan fingerprint density at radius 3 is 2.57 bits per heavy atom. The maximum absolute atomic E-state index is 11.9. The number of hydrogen-bond acceptors (Lipinski definition) is 4. The Balaban J connectivity index is 1.81. The third kappa shape index (κ3) is 4.86. The molecule has 1 aromatic rings. The summed E-state index contributed by atoms with van der Waals surface area (Å²) in [6.07, 6.45) is 2.23. The monoisotopic (exact) mass is 309 g/mol. The average Bonchev–Trinajstić information content (AvgIpc) is 3.16. The molecule has 0 saturated heterocycles. The van der Waals surface area contributed by atoms with Crippen LogP contribution < -0.4 is 16.2 Å². The molecule has 0 aliphatic heterocycles. The smallest absolute Gasteiger partial charge is 0.279 e. The molecule has 3 N–H and O–H groups in total. The van der Waals surface area contributed by atoms with Crippen LogP contribution in [0.3, 0.4) is 0 Å². The van der Waals surface area contributed by atoms with E-state index in [2.05, 4.69) is 16.2 Å². The molecule has 0 bridgehead atoms. The quantitative estimate of drug-likeness (QED) is 0.726. The first-order chi connectivity index (χ1) is 9.95. The molecule has 1 heterocycles. The third-order valence-corrected chi connectivity index (χ3v) is 3.93. The van der Waals surface area contributed by atoms with Gasteiger partial charge >= 0.3 is 0 Å². The Bertz CT molecular complexity index is 549. The van der Waals surface area contributed by atoms with E-state index >= 15 is 0 Å². The molecule has 1 fully saturated rings. The van der Waals surface area contributed by atoms with Crippen molar-refractivity contribution >= 4 is 34.1 Å². The van der Waals surface area contributed by atoms with Crippen LogP contribution in [0.4, 0.5) is 5.00 Å². The second-order valence-corrected chi connectivity index (χ2v) is 6.61. The fraction of sp³-hybridized carbons (Fsp3) is 0.500. The van der Waals surface area contributed by atoms with Crippen LogP contribution in [0.25, 0.3) is 0 Å². The van der Waals surface area contributed by atoms with Crippen molar-refractivity contribution < 1.29 is 14.4 Å². The zero-order valence-electron chi connectivity index (χ0n) is 12.1. The highest BCUT2D eigenvalue weighted by atomic mass is 32.1. The molecule has 1 saturated carbocycles. The van der Waals surface area contributed by atoms with E-state index in [-0.39, 0.29) is 29.6 Å². The molecule has 2 rings (SSSR count). The van der Waals surface area contributed by atoms with Crippen molar-refractivity contribution in [2.75, 3.05) is 5.32 Å². The summed E-state index contributed by atoms with van der Waals surface area (Å²) < 4.78 is 0. The molecule has 0 unspecified atom stereocenters. The van der Waals surface area contributed by atoms with Crippen molar-refractivity contribution in [2.24, 2.45) is 11.8 Å². The SMILES string of the molecule is CC(C)CC(=O)NNC(=O)c1ccc(NC(=O)C2CC2)s1. The molecule has 3 amide bonds. The first kappa shape index (κ1) is 15.5. The Labute approximate surface area is 127 Å². The number of thiophene rings is 1. The van der Waals surface area contributed by atoms with Crippen LogP contribution in [0, 0.1) is 11.8 Å². The molecular weight excluding hydrogens is 290 g/mol. The van der Waals surface area contributed by atoms with E-state index in [1.807, 2.05) is 13.8 Å². The lowest BCUT2D eigenvalue weighted by Crippen LogP contribution is -2.41. The summed E-state index contributed by atoms with van der Waals surface area (Å²) in [5, 5.41) is 3.43. The molecular formula is C14H19N3O3S. The van der Waals surface area contributed by atoms with Gasteiger partial charge in [-0.1, -0.05) is 13.8 Å². The van der Waals surface area contributed by atoms with Crippen LogP contribution in [0.15, 0.2) is 12.1 Å². The second-order valence-electron chi connectivity index (χ2n) is 5.53. The number of rotatable bonds is 5. The molecule has 0 radical (unpaired) electrons. The lowest BCUT2D eigenvalue weighted by Gasteiger charge is -2.07. The minimum Gasteiger partial charge on any atom is -0.317 e. The van der Waals surface area contributed by atoms with Gasteiger partial charge in [0, 0.05) is 12.3 Å². The first-order valence-electron chi connectivity index (χ1n) is 6.95. The zero-order valence-corrected chi connectivity index (χ0v) is 12.9. The largest absolute Gasteiger partial charge is 0.317 e. The van der Waals surface area contributed by atoms with Gasteiger partial charge in [-0.2, -0.15) is 0 Å². The fourth-order valence-corrected chi connectivity index (χ4v) is 2.51. The Kier molecular flexibility index (Phi) is 4.95. The van der Waals surface area contributed by atoms with Crippen LogP contribution in [0.2, 0.25) is 0 Å². The number of carbonyl (C=O) groups is 3. The number of nitrogens with one attached hydrogen (secondary N) is 3. The molecule has 1 aliphatic carbocycles. The molecule has 0 aromatic carbocycles. The van der Waals surface area contributed by atoms with Crippen LogP contribution in [-0.4, -0.2) is 17.7 Å². The van der Waals surface area contributed by atoms with Gasteiger partial charge in [-0.15, -0.1) is 11.3 Å². The summed E-state index contributed by atoms with van der Waals surface area (Å²) in [5.41, 5.74) is 4.74. The van der Waals surface area contributed by atoms with Gasteiger partial charge in [0.2, 0.25) is 11.8 Å². The lowest BCUT2D eigenvalue weighted by atomic mass is 10.1. The number of anilines is 1. The summed E-state index contributed by atoms with van der Waals surface area (Å²) in [7, 11) is 0. The average molecular weight is 309 g/mol. The van der Waals surface area contributed by atoms with Crippen LogP contribution in [0.1, 0.15) is 42.8 Å². The van der Waals surface area contributed by atoms with Gasteiger partial charge < -0.3 is 5.32 Å². The molecule has 0 atom stereocenters. The van der Waals surface area contributed by atoms with Crippen molar-refractivity contribution in [3.8, 4) is 0 Å².